The SMILES string of the molecule is O=C(CCc1cnccn1)OC1CCCC1. The Hall–Kier alpha value is -1.45. The topological polar surface area (TPSA) is 52.1 Å². The van der Waals surface area contributed by atoms with Crippen molar-refractivity contribution >= 4 is 5.97 Å². The molecule has 0 atom stereocenters. The van der Waals surface area contributed by atoms with Crippen molar-refractivity contribution in [3.63, 3.8) is 0 Å². The van der Waals surface area contributed by atoms with E-state index < -0.39 is 0 Å². The second-order valence-corrected chi connectivity index (χ2v) is 4.09. The van der Waals surface area contributed by atoms with E-state index in [0.717, 1.165) is 18.5 Å². The summed E-state index contributed by atoms with van der Waals surface area (Å²) in [6.07, 6.45) is 10.5. The molecule has 4 heteroatoms. The van der Waals surface area contributed by atoms with Crippen LogP contribution >= 0.6 is 0 Å². The quantitative estimate of drug-likeness (QED) is 0.727. The van der Waals surface area contributed by atoms with Crippen molar-refractivity contribution in [2.75, 3.05) is 0 Å². The number of nitrogens with zero attached hydrogens (tertiary/aromatic N) is 2. The van der Waals surface area contributed by atoms with Crippen molar-refractivity contribution in [1.29, 1.82) is 0 Å². The lowest BCUT2D eigenvalue weighted by Crippen LogP contribution is -2.15. The van der Waals surface area contributed by atoms with Crippen molar-refractivity contribution in [3.05, 3.63) is 24.3 Å². The molecule has 1 aromatic rings. The molecule has 4 nitrogen and oxygen atoms in total. The lowest BCUT2D eigenvalue weighted by Gasteiger charge is -2.10. The van der Waals surface area contributed by atoms with Gasteiger partial charge in [0.2, 0.25) is 0 Å². The maximum Gasteiger partial charge on any atom is 0.306 e. The molecule has 1 saturated carbocycles. The minimum atomic E-state index is -0.113. The Morgan fingerprint density at radius 1 is 1.38 bits per heavy atom. The van der Waals surface area contributed by atoms with Crippen LogP contribution in [0.25, 0.3) is 0 Å². The zero-order chi connectivity index (χ0) is 11.2. The summed E-state index contributed by atoms with van der Waals surface area (Å²) in [5.74, 6) is -0.113. The molecule has 0 amide bonds. The van der Waals surface area contributed by atoms with E-state index >= 15 is 0 Å². The molecule has 0 spiro atoms. The Balaban J connectivity index is 1.71. The summed E-state index contributed by atoms with van der Waals surface area (Å²) < 4.78 is 5.35. The summed E-state index contributed by atoms with van der Waals surface area (Å²) in [6.45, 7) is 0. The predicted molar refractivity (Wildman–Crippen MR) is 58.7 cm³/mol. The second kappa shape index (κ2) is 5.58. The monoisotopic (exact) mass is 220 g/mol. The molecule has 0 aromatic carbocycles. The van der Waals surface area contributed by atoms with Crippen LogP contribution in [0.1, 0.15) is 37.8 Å². The fraction of sp³-hybridized carbons (Fsp3) is 0.583. The highest BCUT2D eigenvalue weighted by atomic mass is 16.5. The first-order chi connectivity index (χ1) is 7.84. The van der Waals surface area contributed by atoms with Crippen LogP contribution in [0.5, 0.6) is 0 Å². The molecule has 16 heavy (non-hydrogen) atoms. The summed E-state index contributed by atoms with van der Waals surface area (Å²) in [6, 6.07) is 0. The molecule has 0 radical (unpaired) electrons. The Morgan fingerprint density at radius 3 is 2.88 bits per heavy atom. The highest BCUT2D eigenvalue weighted by Crippen LogP contribution is 2.21. The van der Waals surface area contributed by atoms with Crippen LogP contribution in [-0.2, 0) is 16.0 Å². The van der Waals surface area contributed by atoms with Crippen molar-refractivity contribution in [2.24, 2.45) is 0 Å². The van der Waals surface area contributed by atoms with Gasteiger partial charge in [0.25, 0.3) is 0 Å². The van der Waals surface area contributed by atoms with Crippen molar-refractivity contribution < 1.29 is 9.53 Å². The van der Waals surface area contributed by atoms with Crippen LogP contribution in [0.3, 0.4) is 0 Å². The highest BCUT2D eigenvalue weighted by Gasteiger charge is 2.18. The van der Waals surface area contributed by atoms with Crippen LogP contribution < -0.4 is 0 Å². The number of hydrogen-bond donors (Lipinski definition) is 0. The Morgan fingerprint density at radius 2 is 2.19 bits per heavy atom. The minimum absolute atomic E-state index is 0.113. The van der Waals surface area contributed by atoms with Gasteiger partial charge in [-0.3, -0.25) is 14.8 Å². The summed E-state index contributed by atoms with van der Waals surface area (Å²) in [5, 5.41) is 0. The van der Waals surface area contributed by atoms with E-state index in [1.807, 2.05) is 0 Å². The summed E-state index contributed by atoms with van der Waals surface area (Å²) in [7, 11) is 0. The third kappa shape index (κ3) is 3.29. The molecule has 1 aliphatic carbocycles. The van der Waals surface area contributed by atoms with Crippen molar-refractivity contribution in [3.8, 4) is 0 Å². The van der Waals surface area contributed by atoms with Gasteiger partial charge in [0, 0.05) is 25.0 Å². The third-order valence-electron chi connectivity index (χ3n) is 2.80. The van der Waals surface area contributed by atoms with Crippen LogP contribution in [0, 0.1) is 0 Å². The van der Waals surface area contributed by atoms with E-state index in [1.165, 1.54) is 12.8 Å². The summed E-state index contributed by atoms with van der Waals surface area (Å²) in [4.78, 5) is 19.6. The molecule has 2 rings (SSSR count). The first-order valence-corrected chi connectivity index (χ1v) is 5.79. The number of aryl methyl sites for hydroxylation is 1. The van der Waals surface area contributed by atoms with Gasteiger partial charge in [0.1, 0.15) is 6.10 Å². The lowest BCUT2D eigenvalue weighted by molar-refractivity contribution is -0.148. The number of ether oxygens (including phenoxy) is 1. The number of aromatic nitrogens is 2. The summed E-state index contributed by atoms with van der Waals surface area (Å²) in [5.41, 5.74) is 0.839. The van der Waals surface area contributed by atoms with E-state index in [4.69, 9.17) is 4.74 Å². The summed E-state index contributed by atoms with van der Waals surface area (Å²) >= 11 is 0. The molecule has 1 fully saturated rings. The highest BCUT2D eigenvalue weighted by molar-refractivity contribution is 5.69. The van der Waals surface area contributed by atoms with Crippen LogP contribution in [-0.4, -0.2) is 22.0 Å². The molecule has 0 N–H and O–H groups in total. The van der Waals surface area contributed by atoms with Gasteiger partial charge in [-0.05, 0) is 25.7 Å². The van der Waals surface area contributed by atoms with E-state index in [0.29, 0.717) is 12.8 Å². The van der Waals surface area contributed by atoms with Gasteiger partial charge >= 0.3 is 5.97 Å². The molecule has 1 aliphatic rings. The normalized spacial score (nSPS) is 16.2. The van der Waals surface area contributed by atoms with Crippen LogP contribution in [0.15, 0.2) is 18.6 Å². The molecule has 0 unspecified atom stereocenters. The average molecular weight is 220 g/mol. The van der Waals surface area contributed by atoms with Crippen LogP contribution in [0.4, 0.5) is 0 Å². The first kappa shape index (κ1) is 11.0. The van der Waals surface area contributed by atoms with Gasteiger partial charge in [-0.25, -0.2) is 0 Å². The van der Waals surface area contributed by atoms with Gasteiger partial charge in [0.15, 0.2) is 0 Å². The van der Waals surface area contributed by atoms with E-state index in [-0.39, 0.29) is 12.1 Å². The molecule has 0 saturated heterocycles. The molecule has 1 aromatic heterocycles. The molecular weight excluding hydrogens is 204 g/mol. The average Bonchev–Trinajstić information content (AvgIpc) is 2.81. The van der Waals surface area contributed by atoms with Crippen LogP contribution in [0.2, 0.25) is 0 Å². The minimum Gasteiger partial charge on any atom is -0.462 e. The number of carbonyl (C=O) groups excluding carboxylic acids is 1. The number of carbonyl (C=O) groups is 1. The zero-order valence-electron chi connectivity index (χ0n) is 9.26. The fourth-order valence-corrected chi connectivity index (χ4v) is 1.94. The smallest absolute Gasteiger partial charge is 0.306 e. The number of rotatable bonds is 4. The van der Waals surface area contributed by atoms with Gasteiger partial charge in [-0.15, -0.1) is 0 Å². The molecule has 1 heterocycles. The third-order valence-corrected chi connectivity index (χ3v) is 2.80. The Labute approximate surface area is 95.1 Å². The Bertz CT molecular complexity index is 334. The van der Waals surface area contributed by atoms with E-state index in [9.17, 15) is 4.79 Å². The molecule has 0 bridgehead atoms. The predicted octanol–water partition coefficient (Wildman–Crippen LogP) is 1.90. The number of esters is 1. The molecular formula is C12H16N2O2. The molecule has 0 aliphatic heterocycles. The largest absolute Gasteiger partial charge is 0.462 e. The molecule has 86 valence electrons. The fourth-order valence-electron chi connectivity index (χ4n) is 1.94. The van der Waals surface area contributed by atoms with E-state index in [1.54, 1.807) is 18.6 Å². The standard InChI is InChI=1S/C12H16N2O2/c15-12(16-11-3-1-2-4-11)6-5-10-9-13-7-8-14-10/h7-9,11H,1-6H2. The van der Waals surface area contributed by atoms with Gasteiger partial charge in [-0.2, -0.15) is 0 Å². The van der Waals surface area contributed by atoms with Gasteiger partial charge in [-0.1, -0.05) is 0 Å². The first-order valence-electron chi connectivity index (χ1n) is 5.79. The maximum atomic E-state index is 11.5. The maximum absolute atomic E-state index is 11.5. The van der Waals surface area contributed by atoms with Gasteiger partial charge in [0.05, 0.1) is 12.1 Å². The van der Waals surface area contributed by atoms with E-state index in [2.05, 4.69) is 9.97 Å². The lowest BCUT2D eigenvalue weighted by atomic mass is 10.2. The Kier molecular flexibility index (Phi) is 3.86. The van der Waals surface area contributed by atoms with Gasteiger partial charge < -0.3 is 4.74 Å². The van der Waals surface area contributed by atoms with Crippen molar-refractivity contribution in [2.45, 2.75) is 44.6 Å². The second-order valence-electron chi connectivity index (χ2n) is 4.09. The number of hydrogen-bond acceptors (Lipinski definition) is 4. The van der Waals surface area contributed by atoms with Crippen molar-refractivity contribution in [1.82, 2.24) is 9.97 Å². The zero-order valence-corrected chi connectivity index (χ0v) is 9.26.